The summed E-state index contributed by atoms with van der Waals surface area (Å²) in [4.78, 5) is 13.5. The number of aromatic nitrogens is 4. The molecule has 2 saturated heterocycles. The van der Waals surface area contributed by atoms with Crippen molar-refractivity contribution in [2.24, 2.45) is 5.92 Å². The molecule has 0 amide bonds. The monoisotopic (exact) mass is 408 g/mol. The van der Waals surface area contributed by atoms with Gasteiger partial charge >= 0.3 is 0 Å². The Morgan fingerprint density at radius 1 is 1.20 bits per heavy atom. The quantitative estimate of drug-likeness (QED) is 0.668. The Kier molecular flexibility index (Phi) is 5.26. The molecule has 2 aliphatic heterocycles. The molecule has 0 spiro atoms. The lowest BCUT2D eigenvalue weighted by atomic mass is 9.96. The smallest absolute Gasteiger partial charge is 0.158 e. The van der Waals surface area contributed by atoms with Crippen LogP contribution in [0.5, 0.6) is 5.75 Å². The molecule has 158 valence electrons. The summed E-state index contributed by atoms with van der Waals surface area (Å²) in [5.41, 5.74) is 2.15. The van der Waals surface area contributed by atoms with E-state index in [1.54, 1.807) is 19.6 Å². The third-order valence-corrected chi connectivity index (χ3v) is 6.55. The fourth-order valence-electron chi connectivity index (χ4n) is 4.98. The Hall–Kier alpha value is -2.71. The van der Waals surface area contributed by atoms with Crippen LogP contribution in [-0.2, 0) is 6.42 Å². The first-order valence-electron chi connectivity index (χ1n) is 10.7. The molecule has 0 bridgehead atoms. The minimum atomic E-state index is -0.343. The topological polar surface area (TPSA) is 79.0 Å². The van der Waals surface area contributed by atoms with Crippen LogP contribution in [0.25, 0.3) is 5.65 Å². The second kappa shape index (κ2) is 8.20. The molecule has 8 heteroatoms. The van der Waals surface area contributed by atoms with Gasteiger partial charge in [0, 0.05) is 37.8 Å². The number of hydrogen-bond donors (Lipinski definition) is 1. The molecule has 0 aromatic carbocycles. The fraction of sp³-hybridized carbons (Fsp3) is 0.500. The Bertz CT molecular complexity index is 991. The normalized spacial score (nSPS) is 24.3. The van der Waals surface area contributed by atoms with Crippen molar-refractivity contribution in [2.45, 2.75) is 38.0 Å². The van der Waals surface area contributed by atoms with Crippen LogP contribution in [0.3, 0.4) is 0 Å². The van der Waals surface area contributed by atoms with Crippen molar-refractivity contribution in [3.05, 3.63) is 48.5 Å². The maximum atomic E-state index is 10.9. The van der Waals surface area contributed by atoms with Gasteiger partial charge in [-0.15, -0.1) is 0 Å². The summed E-state index contributed by atoms with van der Waals surface area (Å²) in [6.07, 6.45) is 8.99. The van der Waals surface area contributed by atoms with Crippen molar-refractivity contribution in [3.63, 3.8) is 0 Å². The first kappa shape index (κ1) is 19.3. The van der Waals surface area contributed by atoms with Crippen LogP contribution < -0.4 is 9.64 Å². The molecular weight excluding hydrogens is 380 g/mol. The van der Waals surface area contributed by atoms with Crippen molar-refractivity contribution in [1.29, 1.82) is 0 Å². The van der Waals surface area contributed by atoms with Gasteiger partial charge in [0.2, 0.25) is 0 Å². The van der Waals surface area contributed by atoms with E-state index >= 15 is 0 Å². The molecule has 3 atom stereocenters. The van der Waals surface area contributed by atoms with E-state index in [1.165, 1.54) is 5.56 Å². The van der Waals surface area contributed by atoms with Crippen LogP contribution >= 0.6 is 0 Å². The van der Waals surface area contributed by atoms with Crippen LogP contribution in [-0.4, -0.2) is 68.6 Å². The summed E-state index contributed by atoms with van der Waals surface area (Å²) >= 11 is 0. The van der Waals surface area contributed by atoms with Gasteiger partial charge in [0.15, 0.2) is 5.65 Å². The summed E-state index contributed by atoms with van der Waals surface area (Å²) < 4.78 is 7.03. The lowest BCUT2D eigenvalue weighted by Crippen LogP contribution is -2.53. The van der Waals surface area contributed by atoms with E-state index in [2.05, 4.69) is 30.9 Å². The highest BCUT2D eigenvalue weighted by Gasteiger charge is 2.42. The van der Waals surface area contributed by atoms with Crippen LogP contribution in [0.4, 0.5) is 5.82 Å². The third kappa shape index (κ3) is 3.61. The number of hydrogen-bond acceptors (Lipinski definition) is 7. The van der Waals surface area contributed by atoms with Crippen LogP contribution in [0.1, 0.15) is 24.8 Å². The first-order valence-corrected chi connectivity index (χ1v) is 10.7. The fourth-order valence-corrected chi connectivity index (χ4v) is 4.98. The van der Waals surface area contributed by atoms with Gasteiger partial charge in [0.25, 0.3) is 0 Å². The van der Waals surface area contributed by atoms with Crippen LogP contribution in [0, 0.1) is 5.92 Å². The second-order valence-corrected chi connectivity index (χ2v) is 8.26. The van der Waals surface area contributed by atoms with Gasteiger partial charge in [0.05, 0.1) is 13.3 Å². The Morgan fingerprint density at radius 2 is 2.13 bits per heavy atom. The number of aliphatic hydroxyl groups is 1. The van der Waals surface area contributed by atoms with Gasteiger partial charge < -0.3 is 14.7 Å². The SMILES string of the molecule is COc1ccc(N2CCN3C(O)C(CCCc4cccn5ncnc45)C[C@H]3C2)nc1. The lowest BCUT2D eigenvalue weighted by Gasteiger charge is -2.39. The van der Waals surface area contributed by atoms with Gasteiger partial charge in [-0.3, -0.25) is 4.90 Å². The van der Waals surface area contributed by atoms with Gasteiger partial charge in [-0.2, -0.15) is 5.10 Å². The van der Waals surface area contributed by atoms with E-state index in [0.29, 0.717) is 12.0 Å². The lowest BCUT2D eigenvalue weighted by molar-refractivity contribution is -0.0126. The number of nitrogens with zero attached hydrogens (tertiary/aromatic N) is 6. The number of methoxy groups -OCH3 is 1. The van der Waals surface area contributed by atoms with Crippen LogP contribution in [0.15, 0.2) is 43.0 Å². The molecule has 3 aromatic heterocycles. The predicted molar refractivity (Wildman–Crippen MR) is 114 cm³/mol. The Labute approximate surface area is 176 Å². The minimum Gasteiger partial charge on any atom is -0.495 e. The molecule has 2 fully saturated rings. The highest BCUT2D eigenvalue weighted by atomic mass is 16.5. The average Bonchev–Trinajstić information content (AvgIpc) is 3.39. The van der Waals surface area contributed by atoms with E-state index in [9.17, 15) is 5.11 Å². The number of aryl methyl sites for hydroxylation is 1. The highest BCUT2D eigenvalue weighted by Crippen LogP contribution is 2.35. The molecule has 2 unspecified atom stereocenters. The molecular formula is C22H28N6O2. The largest absolute Gasteiger partial charge is 0.495 e. The maximum absolute atomic E-state index is 10.9. The summed E-state index contributed by atoms with van der Waals surface area (Å²) in [7, 11) is 1.65. The number of ether oxygens (including phenoxy) is 1. The standard InChI is InChI=1S/C22H28N6O2/c1-30-19-7-8-20(23-13-19)26-10-11-27-18(14-26)12-17(22(27)29)5-2-4-16-6-3-9-28-21(16)24-15-25-28/h3,6-9,13,15,17-18,22,29H,2,4-5,10-12,14H2,1H3/t17?,18-,22?/m0/s1. The van der Waals surface area contributed by atoms with Gasteiger partial charge in [-0.05, 0) is 49.4 Å². The van der Waals surface area contributed by atoms with Crippen molar-refractivity contribution in [2.75, 3.05) is 31.6 Å². The number of anilines is 1. The number of piperazine rings is 1. The molecule has 30 heavy (non-hydrogen) atoms. The van der Waals surface area contributed by atoms with E-state index in [1.807, 2.05) is 28.9 Å². The van der Waals surface area contributed by atoms with Crippen molar-refractivity contribution < 1.29 is 9.84 Å². The highest BCUT2D eigenvalue weighted by molar-refractivity contribution is 5.46. The predicted octanol–water partition coefficient (Wildman–Crippen LogP) is 1.98. The molecule has 5 rings (SSSR count). The molecule has 0 radical (unpaired) electrons. The number of pyridine rings is 2. The van der Waals surface area contributed by atoms with Crippen molar-refractivity contribution >= 4 is 11.5 Å². The summed E-state index contributed by atoms with van der Waals surface area (Å²) in [5, 5.41) is 15.1. The number of rotatable bonds is 6. The summed E-state index contributed by atoms with van der Waals surface area (Å²) in [6.45, 7) is 2.66. The minimum absolute atomic E-state index is 0.316. The number of aliphatic hydroxyl groups excluding tert-OH is 1. The first-order chi connectivity index (χ1) is 14.7. The van der Waals surface area contributed by atoms with E-state index in [0.717, 1.165) is 62.5 Å². The zero-order valence-electron chi connectivity index (χ0n) is 17.3. The molecule has 5 heterocycles. The molecule has 0 aliphatic carbocycles. The molecule has 3 aromatic rings. The van der Waals surface area contributed by atoms with Crippen LogP contribution in [0.2, 0.25) is 0 Å². The third-order valence-electron chi connectivity index (χ3n) is 6.55. The Morgan fingerprint density at radius 3 is 2.97 bits per heavy atom. The van der Waals surface area contributed by atoms with Gasteiger partial charge in [-0.25, -0.2) is 14.5 Å². The second-order valence-electron chi connectivity index (χ2n) is 8.26. The van der Waals surface area contributed by atoms with Crippen molar-refractivity contribution in [3.8, 4) is 5.75 Å². The van der Waals surface area contributed by atoms with Gasteiger partial charge in [-0.1, -0.05) is 6.07 Å². The van der Waals surface area contributed by atoms with E-state index < -0.39 is 0 Å². The summed E-state index contributed by atoms with van der Waals surface area (Å²) in [5.74, 6) is 2.07. The van der Waals surface area contributed by atoms with Gasteiger partial charge in [0.1, 0.15) is 24.1 Å². The molecule has 2 aliphatic rings. The summed E-state index contributed by atoms with van der Waals surface area (Å²) in [6, 6.07) is 8.49. The van der Waals surface area contributed by atoms with Crippen molar-refractivity contribution in [1.82, 2.24) is 24.5 Å². The Balaban J connectivity index is 1.18. The van der Waals surface area contributed by atoms with E-state index in [4.69, 9.17) is 4.74 Å². The zero-order chi connectivity index (χ0) is 20.5. The molecule has 0 saturated carbocycles. The maximum Gasteiger partial charge on any atom is 0.158 e. The molecule has 8 nitrogen and oxygen atoms in total. The number of fused-ring (bicyclic) bond motifs is 2. The molecule has 1 N–H and O–H groups in total. The average molecular weight is 409 g/mol. The zero-order valence-corrected chi connectivity index (χ0v) is 17.3. The van der Waals surface area contributed by atoms with E-state index in [-0.39, 0.29) is 6.23 Å².